The fourth-order valence-electron chi connectivity index (χ4n) is 3.23. The van der Waals surface area contributed by atoms with Gasteiger partial charge < -0.3 is 9.84 Å². The van der Waals surface area contributed by atoms with E-state index in [0.717, 1.165) is 18.4 Å². The third-order valence-corrected chi connectivity index (χ3v) is 5.67. The largest absolute Gasteiger partial charge is 0.451 e. The molecule has 1 N–H and O–H groups in total. The van der Waals surface area contributed by atoms with E-state index in [1.807, 2.05) is 0 Å². The summed E-state index contributed by atoms with van der Waals surface area (Å²) in [5.74, 6) is -3.01. The van der Waals surface area contributed by atoms with Gasteiger partial charge in [-0.05, 0) is 49.2 Å². The van der Waals surface area contributed by atoms with E-state index in [2.05, 4.69) is 0 Å². The van der Waals surface area contributed by atoms with Gasteiger partial charge in [0.25, 0.3) is 0 Å². The Kier molecular flexibility index (Phi) is 4.89. The van der Waals surface area contributed by atoms with Crippen molar-refractivity contribution in [1.29, 1.82) is 0 Å². The Balaban J connectivity index is 2.16. The number of benzene rings is 2. The van der Waals surface area contributed by atoms with Crippen LogP contribution in [-0.2, 0) is 19.4 Å². The van der Waals surface area contributed by atoms with Crippen molar-refractivity contribution in [1.82, 2.24) is 0 Å². The molecule has 0 saturated carbocycles. The highest BCUT2D eigenvalue weighted by molar-refractivity contribution is 7.90. The van der Waals surface area contributed by atoms with E-state index in [-0.39, 0.29) is 16.0 Å². The lowest BCUT2D eigenvalue weighted by molar-refractivity contribution is -0.144. The van der Waals surface area contributed by atoms with Crippen molar-refractivity contribution in [3.05, 3.63) is 70.8 Å². The van der Waals surface area contributed by atoms with Crippen LogP contribution < -0.4 is 0 Å². The number of hydrogen-bond donors (Lipinski definition) is 1. The number of sulfone groups is 1. The van der Waals surface area contributed by atoms with Gasteiger partial charge in [-0.2, -0.15) is 0 Å². The summed E-state index contributed by atoms with van der Waals surface area (Å²) in [5, 5.41) is 10.7. The summed E-state index contributed by atoms with van der Waals surface area (Å²) >= 11 is 0. The SMILES string of the molecule is CC1(C)OC(=O)C(C(O)c2ccc(F)c(F)c2)=C1c1ccc(S(C)(=O)=O)cc1. The van der Waals surface area contributed by atoms with Gasteiger partial charge in [0.05, 0.1) is 10.5 Å². The Morgan fingerprint density at radius 3 is 2.18 bits per heavy atom. The molecular formula is C20H18F2O5S. The zero-order valence-electron chi connectivity index (χ0n) is 15.4. The van der Waals surface area contributed by atoms with Crippen molar-refractivity contribution < 1.29 is 31.8 Å². The molecule has 3 rings (SSSR count). The minimum absolute atomic E-state index is 0.00574. The van der Waals surface area contributed by atoms with E-state index < -0.39 is 39.1 Å². The standard InChI is InChI=1S/C20H18F2O5S/c1-20(2)17(11-4-7-13(8-5-11)28(3,25)26)16(19(24)27-20)18(23)12-6-9-14(21)15(22)10-12/h4-10,18,23H,1-3H3. The van der Waals surface area contributed by atoms with E-state index in [4.69, 9.17) is 4.74 Å². The molecule has 1 atom stereocenters. The normalized spacial score (nSPS) is 17.6. The number of cyclic esters (lactones) is 1. The van der Waals surface area contributed by atoms with Crippen LogP contribution >= 0.6 is 0 Å². The molecule has 1 aliphatic rings. The summed E-state index contributed by atoms with van der Waals surface area (Å²) in [6.45, 7) is 3.24. The van der Waals surface area contributed by atoms with Crippen molar-refractivity contribution in [3.63, 3.8) is 0 Å². The molecule has 0 bridgehead atoms. The number of rotatable bonds is 4. The maximum absolute atomic E-state index is 13.6. The Labute approximate surface area is 161 Å². The second-order valence-electron chi connectivity index (χ2n) is 7.06. The number of hydrogen-bond acceptors (Lipinski definition) is 5. The van der Waals surface area contributed by atoms with Crippen LogP contribution in [0.2, 0.25) is 0 Å². The number of halogens is 2. The van der Waals surface area contributed by atoms with Crippen molar-refractivity contribution in [3.8, 4) is 0 Å². The van der Waals surface area contributed by atoms with Crippen molar-refractivity contribution in [2.75, 3.05) is 6.26 Å². The number of esters is 1. The van der Waals surface area contributed by atoms with Crippen molar-refractivity contribution in [2.24, 2.45) is 0 Å². The molecule has 1 heterocycles. The van der Waals surface area contributed by atoms with Gasteiger partial charge in [-0.15, -0.1) is 0 Å². The molecule has 1 aliphatic heterocycles. The Bertz CT molecular complexity index is 1090. The highest BCUT2D eigenvalue weighted by Gasteiger charge is 2.44. The first-order valence-electron chi connectivity index (χ1n) is 8.33. The molecule has 0 aliphatic carbocycles. The van der Waals surface area contributed by atoms with E-state index >= 15 is 0 Å². The zero-order chi connectivity index (χ0) is 20.9. The average molecular weight is 408 g/mol. The summed E-state index contributed by atoms with van der Waals surface area (Å²) in [5.41, 5.74) is -0.412. The van der Waals surface area contributed by atoms with Gasteiger partial charge in [0.15, 0.2) is 21.5 Å². The summed E-state index contributed by atoms with van der Waals surface area (Å²) in [6, 6.07) is 8.65. The third-order valence-electron chi connectivity index (χ3n) is 4.54. The molecule has 0 saturated heterocycles. The Hall–Kier alpha value is -2.58. The van der Waals surface area contributed by atoms with Crippen LogP contribution in [0.1, 0.15) is 31.1 Å². The first kappa shape index (κ1) is 20.2. The fourth-order valence-corrected chi connectivity index (χ4v) is 3.86. The second kappa shape index (κ2) is 6.79. The quantitative estimate of drug-likeness (QED) is 0.786. The Morgan fingerprint density at radius 2 is 1.64 bits per heavy atom. The van der Waals surface area contributed by atoms with Crippen molar-refractivity contribution in [2.45, 2.75) is 30.4 Å². The lowest BCUT2D eigenvalue weighted by Crippen LogP contribution is -2.22. The van der Waals surface area contributed by atoms with Crippen LogP contribution in [0.25, 0.3) is 5.57 Å². The monoisotopic (exact) mass is 408 g/mol. The summed E-state index contributed by atoms with van der Waals surface area (Å²) in [7, 11) is -3.41. The first-order valence-corrected chi connectivity index (χ1v) is 10.2. The van der Waals surface area contributed by atoms with Gasteiger partial charge in [0.2, 0.25) is 0 Å². The van der Waals surface area contributed by atoms with Gasteiger partial charge in [0.1, 0.15) is 11.7 Å². The van der Waals surface area contributed by atoms with Gasteiger partial charge in [0, 0.05) is 11.8 Å². The molecule has 2 aromatic carbocycles. The fraction of sp³-hybridized carbons (Fsp3) is 0.250. The first-order chi connectivity index (χ1) is 12.9. The van der Waals surface area contributed by atoms with Crippen molar-refractivity contribution >= 4 is 21.4 Å². The number of ether oxygens (including phenoxy) is 1. The van der Waals surface area contributed by atoms with E-state index in [1.165, 1.54) is 30.3 Å². The van der Waals surface area contributed by atoms with Crippen LogP contribution in [0.5, 0.6) is 0 Å². The third kappa shape index (κ3) is 3.57. The topological polar surface area (TPSA) is 80.7 Å². The minimum atomic E-state index is -3.41. The molecule has 0 aromatic heterocycles. The van der Waals surface area contributed by atoms with E-state index in [0.29, 0.717) is 11.1 Å². The van der Waals surface area contributed by atoms with Gasteiger partial charge in [-0.1, -0.05) is 18.2 Å². The van der Waals surface area contributed by atoms with Crippen LogP contribution in [0.4, 0.5) is 8.78 Å². The van der Waals surface area contributed by atoms with E-state index in [9.17, 15) is 27.1 Å². The van der Waals surface area contributed by atoms with Crippen LogP contribution in [0.15, 0.2) is 52.9 Å². The molecule has 8 heteroatoms. The predicted molar refractivity (Wildman–Crippen MR) is 98.0 cm³/mol. The molecule has 1 unspecified atom stereocenters. The molecule has 148 valence electrons. The molecule has 5 nitrogen and oxygen atoms in total. The molecule has 0 spiro atoms. The van der Waals surface area contributed by atoms with Crippen LogP contribution in [0.3, 0.4) is 0 Å². The van der Waals surface area contributed by atoms with Crippen LogP contribution in [-0.4, -0.2) is 31.4 Å². The summed E-state index contributed by atoms with van der Waals surface area (Å²) < 4.78 is 55.5. The lowest BCUT2D eigenvalue weighted by atomic mass is 9.86. The number of aliphatic hydroxyl groups is 1. The zero-order valence-corrected chi connectivity index (χ0v) is 16.2. The second-order valence-corrected chi connectivity index (χ2v) is 9.08. The predicted octanol–water partition coefficient (Wildman–Crippen LogP) is 3.19. The summed E-state index contributed by atoms with van der Waals surface area (Å²) in [4.78, 5) is 12.6. The Morgan fingerprint density at radius 1 is 1.04 bits per heavy atom. The average Bonchev–Trinajstić information content (AvgIpc) is 2.84. The summed E-state index contributed by atoms with van der Waals surface area (Å²) in [6.07, 6.45) is -0.472. The molecule has 0 fully saturated rings. The molecule has 0 amide bonds. The minimum Gasteiger partial charge on any atom is -0.451 e. The molecule has 2 aromatic rings. The molecule has 0 radical (unpaired) electrons. The smallest absolute Gasteiger partial charge is 0.338 e. The van der Waals surface area contributed by atoms with Gasteiger partial charge in [-0.25, -0.2) is 22.0 Å². The highest BCUT2D eigenvalue weighted by Crippen LogP contribution is 2.44. The molecule has 28 heavy (non-hydrogen) atoms. The van der Waals surface area contributed by atoms with Crippen LogP contribution in [0, 0.1) is 11.6 Å². The number of carbonyl (C=O) groups is 1. The van der Waals surface area contributed by atoms with E-state index in [1.54, 1.807) is 13.8 Å². The highest BCUT2D eigenvalue weighted by atomic mass is 32.2. The number of aliphatic hydroxyl groups excluding tert-OH is 1. The van der Waals surface area contributed by atoms with Gasteiger partial charge >= 0.3 is 5.97 Å². The maximum atomic E-state index is 13.6. The van der Waals surface area contributed by atoms with Gasteiger partial charge in [-0.3, -0.25) is 0 Å². The molecular weight excluding hydrogens is 390 g/mol. The number of carbonyl (C=O) groups excluding carboxylic acids is 1. The lowest BCUT2D eigenvalue weighted by Gasteiger charge is -2.22. The maximum Gasteiger partial charge on any atom is 0.338 e.